The SMILES string of the molecule is COC(=O)CCCCC(=O)C[C@H]1[C@H](COCc2ccccc2)[C@@H](C)C[C@H]1O. The van der Waals surface area contributed by atoms with Crippen LogP contribution in [0.1, 0.15) is 51.0 Å². The summed E-state index contributed by atoms with van der Waals surface area (Å²) in [5, 5.41) is 10.4. The molecule has 0 unspecified atom stereocenters. The Morgan fingerprint density at radius 1 is 1.11 bits per heavy atom. The Labute approximate surface area is 162 Å². The second-order valence-electron chi connectivity index (χ2n) is 7.63. The largest absolute Gasteiger partial charge is 0.469 e. The minimum atomic E-state index is -0.440. The van der Waals surface area contributed by atoms with Gasteiger partial charge in [-0.1, -0.05) is 37.3 Å². The maximum Gasteiger partial charge on any atom is 0.305 e. The molecule has 1 N–H and O–H groups in total. The molecule has 0 aromatic heterocycles. The van der Waals surface area contributed by atoms with E-state index in [-0.39, 0.29) is 23.6 Å². The van der Waals surface area contributed by atoms with Crippen LogP contribution in [0.2, 0.25) is 0 Å². The van der Waals surface area contributed by atoms with Crippen LogP contribution in [0.3, 0.4) is 0 Å². The van der Waals surface area contributed by atoms with E-state index in [4.69, 9.17) is 4.74 Å². The number of methoxy groups -OCH3 is 1. The lowest BCUT2D eigenvalue weighted by molar-refractivity contribution is -0.140. The number of carbonyl (C=O) groups is 2. The molecule has 5 nitrogen and oxygen atoms in total. The Balaban J connectivity index is 1.76. The Bertz CT molecular complexity index is 586. The first-order valence-electron chi connectivity index (χ1n) is 9.89. The third-order valence-electron chi connectivity index (χ3n) is 5.59. The minimum absolute atomic E-state index is 0.0381. The third-order valence-corrected chi connectivity index (χ3v) is 5.59. The number of benzene rings is 1. The quantitative estimate of drug-likeness (QED) is 0.472. The number of hydrogen-bond acceptors (Lipinski definition) is 5. The molecule has 1 aromatic rings. The number of ketones is 1. The van der Waals surface area contributed by atoms with Crippen molar-refractivity contribution in [3.05, 3.63) is 35.9 Å². The average Bonchev–Trinajstić information content (AvgIpc) is 2.92. The second-order valence-corrected chi connectivity index (χ2v) is 7.63. The molecule has 0 radical (unpaired) electrons. The van der Waals surface area contributed by atoms with Gasteiger partial charge in [-0.15, -0.1) is 0 Å². The van der Waals surface area contributed by atoms with Gasteiger partial charge in [-0.3, -0.25) is 9.59 Å². The molecule has 4 atom stereocenters. The van der Waals surface area contributed by atoms with Crippen LogP contribution in [0.25, 0.3) is 0 Å². The van der Waals surface area contributed by atoms with Crippen LogP contribution in [0.5, 0.6) is 0 Å². The van der Waals surface area contributed by atoms with E-state index in [1.54, 1.807) is 0 Å². The van der Waals surface area contributed by atoms with Crippen LogP contribution < -0.4 is 0 Å². The highest BCUT2D eigenvalue weighted by Crippen LogP contribution is 2.39. The van der Waals surface area contributed by atoms with Crippen LogP contribution in [0, 0.1) is 17.8 Å². The van der Waals surface area contributed by atoms with Crippen molar-refractivity contribution in [1.29, 1.82) is 0 Å². The summed E-state index contributed by atoms with van der Waals surface area (Å²) in [6.45, 7) is 3.24. The van der Waals surface area contributed by atoms with E-state index < -0.39 is 6.10 Å². The fourth-order valence-electron chi connectivity index (χ4n) is 3.96. The number of unbranched alkanes of at least 4 members (excludes halogenated alkanes) is 1. The number of aliphatic hydroxyl groups is 1. The average molecular weight is 376 g/mol. The first kappa shape index (κ1) is 21.6. The highest BCUT2D eigenvalue weighted by molar-refractivity contribution is 5.78. The molecule has 150 valence electrons. The van der Waals surface area contributed by atoms with Gasteiger partial charge in [0.05, 0.1) is 26.4 Å². The van der Waals surface area contributed by atoms with Gasteiger partial charge in [-0.05, 0) is 42.6 Å². The zero-order valence-electron chi connectivity index (χ0n) is 16.4. The number of Topliss-reactive ketones (excluding diaryl/α,β-unsaturated/α-hetero) is 1. The standard InChI is InChI=1S/C22H32O5/c1-16-12-21(24)19(13-18(23)10-6-7-11-22(25)26-2)20(16)15-27-14-17-8-4-3-5-9-17/h3-5,8-9,16,19-21,24H,6-7,10-15H2,1-2H3/t16-,19-,20+,21+/m0/s1. The maximum absolute atomic E-state index is 12.3. The van der Waals surface area contributed by atoms with Gasteiger partial charge >= 0.3 is 5.97 Å². The predicted octanol–water partition coefficient (Wildman–Crippen LogP) is 3.53. The van der Waals surface area contributed by atoms with E-state index in [9.17, 15) is 14.7 Å². The van der Waals surface area contributed by atoms with Crippen molar-refractivity contribution in [1.82, 2.24) is 0 Å². The summed E-state index contributed by atoms with van der Waals surface area (Å²) in [7, 11) is 1.37. The van der Waals surface area contributed by atoms with Gasteiger partial charge in [0.2, 0.25) is 0 Å². The number of ether oxygens (including phenoxy) is 2. The van der Waals surface area contributed by atoms with E-state index in [1.165, 1.54) is 7.11 Å². The van der Waals surface area contributed by atoms with Gasteiger partial charge in [0.15, 0.2) is 0 Å². The summed E-state index contributed by atoms with van der Waals surface area (Å²) in [6, 6.07) is 10.0. The van der Waals surface area contributed by atoms with Crippen molar-refractivity contribution >= 4 is 11.8 Å². The molecule has 0 aliphatic heterocycles. The molecule has 0 bridgehead atoms. The first-order valence-corrected chi connectivity index (χ1v) is 9.89. The van der Waals surface area contributed by atoms with E-state index in [1.807, 2.05) is 30.3 Å². The lowest BCUT2D eigenvalue weighted by Crippen LogP contribution is -2.26. The van der Waals surface area contributed by atoms with Gasteiger partial charge in [0.1, 0.15) is 5.78 Å². The minimum Gasteiger partial charge on any atom is -0.469 e. The molecule has 1 saturated carbocycles. The topological polar surface area (TPSA) is 72.8 Å². The third kappa shape index (κ3) is 7.07. The summed E-state index contributed by atoms with van der Waals surface area (Å²) >= 11 is 0. The number of rotatable bonds is 11. The summed E-state index contributed by atoms with van der Waals surface area (Å²) in [6.07, 6.45) is 2.81. The van der Waals surface area contributed by atoms with Crippen molar-refractivity contribution in [2.75, 3.05) is 13.7 Å². The van der Waals surface area contributed by atoms with Gasteiger partial charge < -0.3 is 14.6 Å². The summed E-state index contributed by atoms with van der Waals surface area (Å²) in [4.78, 5) is 23.4. The predicted molar refractivity (Wildman–Crippen MR) is 103 cm³/mol. The molecule has 27 heavy (non-hydrogen) atoms. The number of carbonyl (C=O) groups excluding carboxylic acids is 2. The number of aliphatic hydroxyl groups excluding tert-OH is 1. The molecule has 0 heterocycles. The zero-order valence-corrected chi connectivity index (χ0v) is 16.4. The lowest BCUT2D eigenvalue weighted by Gasteiger charge is -2.23. The van der Waals surface area contributed by atoms with Crippen LogP contribution in [0.4, 0.5) is 0 Å². The van der Waals surface area contributed by atoms with Gasteiger partial charge in [-0.25, -0.2) is 0 Å². The molecule has 5 heteroatoms. The van der Waals surface area contributed by atoms with Crippen molar-refractivity contribution in [3.8, 4) is 0 Å². The molecule has 1 fully saturated rings. The maximum atomic E-state index is 12.3. The summed E-state index contributed by atoms with van der Waals surface area (Å²) in [5.41, 5.74) is 1.13. The van der Waals surface area contributed by atoms with Crippen molar-refractivity contribution < 1.29 is 24.2 Å². The molecule has 1 aliphatic carbocycles. The van der Waals surface area contributed by atoms with Crippen molar-refractivity contribution in [3.63, 3.8) is 0 Å². The first-order chi connectivity index (χ1) is 13.0. The van der Waals surface area contributed by atoms with Crippen LogP contribution in [-0.2, 0) is 25.7 Å². The molecule has 2 rings (SSSR count). The fraction of sp³-hybridized carbons (Fsp3) is 0.636. The fourth-order valence-corrected chi connectivity index (χ4v) is 3.96. The summed E-state index contributed by atoms with van der Waals surface area (Å²) < 4.78 is 10.5. The Kier molecular flexibility index (Phi) is 8.95. The molecular weight excluding hydrogens is 344 g/mol. The smallest absolute Gasteiger partial charge is 0.305 e. The van der Waals surface area contributed by atoms with E-state index in [2.05, 4.69) is 11.7 Å². The lowest BCUT2D eigenvalue weighted by atomic mass is 9.86. The van der Waals surface area contributed by atoms with E-state index in [0.717, 1.165) is 12.0 Å². The van der Waals surface area contributed by atoms with Crippen LogP contribution >= 0.6 is 0 Å². The van der Waals surface area contributed by atoms with Crippen LogP contribution in [0.15, 0.2) is 30.3 Å². The van der Waals surface area contributed by atoms with Gasteiger partial charge in [0, 0.05) is 19.3 Å². The number of esters is 1. The van der Waals surface area contributed by atoms with Gasteiger partial charge in [0.25, 0.3) is 0 Å². The Morgan fingerprint density at radius 3 is 2.52 bits per heavy atom. The Morgan fingerprint density at radius 2 is 1.81 bits per heavy atom. The summed E-state index contributed by atoms with van der Waals surface area (Å²) in [5.74, 6) is 0.420. The Hall–Kier alpha value is -1.72. The van der Waals surface area contributed by atoms with E-state index in [0.29, 0.717) is 51.2 Å². The van der Waals surface area contributed by atoms with Crippen molar-refractivity contribution in [2.45, 2.75) is 58.2 Å². The van der Waals surface area contributed by atoms with Crippen LogP contribution in [-0.4, -0.2) is 36.7 Å². The molecular formula is C22H32O5. The molecule has 1 aromatic carbocycles. The zero-order chi connectivity index (χ0) is 19.6. The van der Waals surface area contributed by atoms with Crippen molar-refractivity contribution in [2.24, 2.45) is 17.8 Å². The monoisotopic (exact) mass is 376 g/mol. The number of hydrogen-bond donors (Lipinski definition) is 1. The molecule has 0 saturated heterocycles. The second kappa shape index (κ2) is 11.2. The van der Waals surface area contributed by atoms with Gasteiger partial charge in [-0.2, -0.15) is 0 Å². The molecule has 0 spiro atoms. The normalized spacial score (nSPS) is 24.7. The molecule has 1 aliphatic rings. The highest BCUT2D eigenvalue weighted by Gasteiger charge is 2.40. The van der Waals surface area contributed by atoms with E-state index >= 15 is 0 Å². The molecule has 0 amide bonds. The highest BCUT2D eigenvalue weighted by atomic mass is 16.5.